The molecular formula is C13H19NO2. The molecule has 1 aromatic rings. The van der Waals surface area contributed by atoms with Gasteiger partial charge in [0.05, 0.1) is 12.3 Å². The third-order valence-corrected chi connectivity index (χ3v) is 2.98. The zero-order valence-corrected chi connectivity index (χ0v) is 9.74. The van der Waals surface area contributed by atoms with Crippen LogP contribution in [0, 0.1) is 12.8 Å². The standard InChI is InChI=1S/C13H19NO2/c1-10-2-3-13(12(14)8-10)16-9-11-4-6-15-7-5-11/h2-3,8,11H,4-7,9,14H2,1H3. The third kappa shape index (κ3) is 2.89. The fourth-order valence-electron chi connectivity index (χ4n) is 1.92. The fourth-order valence-corrected chi connectivity index (χ4v) is 1.92. The Hall–Kier alpha value is -1.22. The first-order chi connectivity index (χ1) is 7.75. The first-order valence-electron chi connectivity index (χ1n) is 5.82. The maximum absolute atomic E-state index is 5.89. The molecule has 2 rings (SSSR count). The van der Waals surface area contributed by atoms with Crippen LogP contribution in [-0.4, -0.2) is 19.8 Å². The molecule has 0 aliphatic carbocycles. The summed E-state index contributed by atoms with van der Waals surface area (Å²) in [5, 5.41) is 0. The van der Waals surface area contributed by atoms with E-state index in [1.807, 2.05) is 25.1 Å². The predicted octanol–water partition coefficient (Wildman–Crippen LogP) is 2.38. The average Bonchev–Trinajstić information content (AvgIpc) is 2.29. The SMILES string of the molecule is Cc1ccc(OCC2CCOCC2)c(N)c1. The Kier molecular flexibility index (Phi) is 3.67. The molecule has 1 fully saturated rings. The van der Waals surface area contributed by atoms with Crippen LogP contribution in [-0.2, 0) is 4.74 Å². The summed E-state index contributed by atoms with van der Waals surface area (Å²) in [5.41, 5.74) is 7.78. The Morgan fingerprint density at radius 3 is 2.81 bits per heavy atom. The molecular weight excluding hydrogens is 202 g/mol. The fraction of sp³-hybridized carbons (Fsp3) is 0.538. The van der Waals surface area contributed by atoms with E-state index in [4.69, 9.17) is 15.2 Å². The highest BCUT2D eigenvalue weighted by Crippen LogP contribution is 2.24. The summed E-state index contributed by atoms with van der Waals surface area (Å²) in [4.78, 5) is 0. The minimum absolute atomic E-state index is 0.606. The van der Waals surface area contributed by atoms with Crippen molar-refractivity contribution in [1.82, 2.24) is 0 Å². The molecule has 1 heterocycles. The summed E-state index contributed by atoms with van der Waals surface area (Å²) in [7, 11) is 0. The molecule has 3 heteroatoms. The van der Waals surface area contributed by atoms with E-state index in [9.17, 15) is 0 Å². The van der Waals surface area contributed by atoms with Gasteiger partial charge in [-0.05, 0) is 43.4 Å². The maximum Gasteiger partial charge on any atom is 0.142 e. The van der Waals surface area contributed by atoms with Gasteiger partial charge in [-0.3, -0.25) is 0 Å². The summed E-state index contributed by atoms with van der Waals surface area (Å²) >= 11 is 0. The Morgan fingerprint density at radius 2 is 2.12 bits per heavy atom. The van der Waals surface area contributed by atoms with E-state index in [0.29, 0.717) is 5.92 Å². The molecule has 0 atom stereocenters. The van der Waals surface area contributed by atoms with E-state index in [-0.39, 0.29) is 0 Å². The van der Waals surface area contributed by atoms with Gasteiger partial charge in [0.1, 0.15) is 5.75 Å². The normalized spacial score (nSPS) is 17.3. The van der Waals surface area contributed by atoms with Crippen LogP contribution >= 0.6 is 0 Å². The number of benzene rings is 1. The highest BCUT2D eigenvalue weighted by Gasteiger charge is 2.14. The Labute approximate surface area is 96.5 Å². The zero-order chi connectivity index (χ0) is 11.4. The topological polar surface area (TPSA) is 44.5 Å². The van der Waals surface area contributed by atoms with Gasteiger partial charge in [-0.25, -0.2) is 0 Å². The Balaban J connectivity index is 1.88. The van der Waals surface area contributed by atoms with Crippen molar-refractivity contribution in [2.24, 2.45) is 5.92 Å². The molecule has 0 amide bonds. The number of hydrogen-bond donors (Lipinski definition) is 1. The largest absolute Gasteiger partial charge is 0.491 e. The van der Waals surface area contributed by atoms with Crippen LogP contribution in [0.25, 0.3) is 0 Å². The van der Waals surface area contributed by atoms with Crippen LogP contribution in [0.1, 0.15) is 18.4 Å². The van der Waals surface area contributed by atoms with Crippen molar-refractivity contribution >= 4 is 5.69 Å². The maximum atomic E-state index is 5.89. The van der Waals surface area contributed by atoms with E-state index >= 15 is 0 Å². The van der Waals surface area contributed by atoms with Gasteiger partial charge in [-0.2, -0.15) is 0 Å². The van der Waals surface area contributed by atoms with Crippen molar-refractivity contribution < 1.29 is 9.47 Å². The van der Waals surface area contributed by atoms with Crippen molar-refractivity contribution in [3.8, 4) is 5.75 Å². The zero-order valence-electron chi connectivity index (χ0n) is 9.74. The first kappa shape index (κ1) is 11.3. The van der Waals surface area contributed by atoms with Crippen LogP contribution in [0.4, 0.5) is 5.69 Å². The lowest BCUT2D eigenvalue weighted by Gasteiger charge is -2.22. The van der Waals surface area contributed by atoms with Gasteiger partial charge in [0.25, 0.3) is 0 Å². The molecule has 1 saturated heterocycles. The number of hydrogen-bond acceptors (Lipinski definition) is 3. The second-order valence-corrected chi connectivity index (χ2v) is 4.41. The van der Waals surface area contributed by atoms with Crippen LogP contribution < -0.4 is 10.5 Å². The third-order valence-electron chi connectivity index (χ3n) is 2.98. The lowest BCUT2D eigenvalue weighted by atomic mass is 10.0. The quantitative estimate of drug-likeness (QED) is 0.797. The summed E-state index contributed by atoms with van der Waals surface area (Å²) in [6, 6.07) is 5.92. The molecule has 88 valence electrons. The van der Waals surface area contributed by atoms with Crippen molar-refractivity contribution in [3.05, 3.63) is 23.8 Å². The summed E-state index contributed by atoms with van der Waals surface area (Å²) in [6.45, 7) is 4.49. The van der Waals surface area contributed by atoms with Crippen LogP contribution in [0.5, 0.6) is 5.75 Å². The van der Waals surface area contributed by atoms with E-state index < -0.39 is 0 Å². The molecule has 0 saturated carbocycles. The van der Waals surface area contributed by atoms with Gasteiger partial charge in [-0.1, -0.05) is 6.07 Å². The van der Waals surface area contributed by atoms with E-state index in [1.54, 1.807) is 0 Å². The van der Waals surface area contributed by atoms with Gasteiger partial charge in [0.15, 0.2) is 0 Å². The van der Waals surface area contributed by atoms with Gasteiger partial charge in [0.2, 0.25) is 0 Å². The molecule has 1 aliphatic heterocycles. The van der Waals surface area contributed by atoms with Crippen LogP contribution in [0.2, 0.25) is 0 Å². The lowest BCUT2D eigenvalue weighted by molar-refractivity contribution is 0.0499. The van der Waals surface area contributed by atoms with Crippen molar-refractivity contribution in [1.29, 1.82) is 0 Å². The minimum atomic E-state index is 0.606. The summed E-state index contributed by atoms with van der Waals surface area (Å²) in [6.07, 6.45) is 2.18. The highest BCUT2D eigenvalue weighted by molar-refractivity contribution is 5.53. The second kappa shape index (κ2) is 5.21. The number of aryl methyl sites for hydroxylation is 1. The average molecular weight is 221 g/mol. The molecule has 16 heavy (non-hydrogen) atoms. The van der Waals surface area contributed by atoms with Gasteiger partial charge < -0.3 is 15.2 Å². The Bertz CT molecular complexity index is 346. The lowest BCUT2D eigenvalue weighted by Crippen LogP contribution is -2.21. The first-order valence-corrected chi connectivity index (χ1v) is 5.82. The van der Waals surface area contributed by atoms with Crippen molar-refractivity contribution in [3.63, 3.8) is 0 Å². The molecule has 0 bridgehead atoms. The van der Waals surface area contributed by atoms with E-state index in [1.165, 1.54) is 0 Å². The van der Waals surface area contributed by atoms with Gasteiger partial charge in [0, 0.05) is 13.2 Å². The molecule has 1 aromatic carbocycles. The summed E-state index contributed by atoms with van der Waals surface area (Å²) < 4.78 is 11.1. The number of ether oxygens (including phenoxy) is 2. The van der Waals surface area contributed by atoms with Crippen LogP contribution in [0.15, 0.2) is 18.2 Å². The second-order valence-electron chi connectivity index (χ2n) is 4.41. The minimum Gasteiger partial charge on any atom is -0.491 e. The molecule has 0 spiro atoms. The van der Waals surface area contributed by atoms with Crippen LogP contribution in [0.3, 0.4) is 0 Å². The van der Waals surface area contributed by atoms with E-state index in [2.05, 4.69) is 0 Å². The summed E-state index contributed by atoms with van der Waals surface area (Å²) in [5.74, 6) is 1.41. The number of rotatable bonds is 3. The number of nitrogens with two attached hydrogens (primary N) is 1. The number of nitrogen functional groups attached to an aromatic ring is 1. The number of anilines is 1. The van der Waals surface area contributed by atoms with Crippen molar-refractivity contribution in [2.45, 2.75) is 19.8 Å². The van der Waals surface area contributed by atoms with E-state index in [0.717, 1.165) is 49.7 Å². The molecule has 0 aromatic heterocycles. The molecule has 3 nitrogen and oxygen atoms in total. The molecule has 1 aliphatic rings. The Morgan fingerprint density at radius 1 is 1.38 bits per heavy atom. The van der Waals surface area contributed by atoms with Gasteiger partial charge >= 0.3 is 0 Å². The van der Waals surface area contributed by atoms with Crippen molar-refractivity contribution in [2.75, 3.05) is 25.6 Å². The molecule has 0 radical (unpaired) electrons. The smallest absolute Gasteiger partial charge is 0.142 e. The molecule has 0 unspecified atom stereocenters. The monoisotopic (exact) mass is 221 g/mol. The van der Waals surface area contributed by atoms with Gasteiger partial charge in [-0.15, -0.1) is 0 Å². The molecule has 2 N–H and O–H groups in total. The highest BCUT2D eigenvalue weighted by atomic mass is 16.5. The predicted molar refractivity (Wildman–Crippen MR) is 64.6 cm³/mol.